The zero-order valence-electron chi connectivity index (χ0n) is 10.1. The highest BCUT2D eigenvalue weighted by Gasteiger charge is 2.19. The molecule has 0 aliphatic heterocycles. The van der Waals surface area contributed by atoms with E-state index < -0.39 is 17.9 Å². The van der Waals surface area contributed by atoms with Crippen LogP contribution >= 0.6 is 11.6 Å². The first kappa shape index (κ1) is 14.3. The van der Waals surface area contributed by atoms with Gasteiger partial charge in [0.25, 0.3) is 0 Å². The molecule has 1 atom stereocenters. The number of rotatable bonds is 5. The largest absolute Gasteiger partial charge is 0.491 e. The van der Waals surface area contributed by atoms with Crippen molar-refractivity contribution in [2.75, 3.05) is 6.61 Å². The lowest BCUT2D eigenvalue weighted by Gasteiger charge is -2.15. The molecule has 5 nitrogen and oxygen atoms in total. The average Bonchev–Trinajstić information content (AvgIpc) is 2.25. The van der Waals surface area contributed by atoms with Crippen LogP contribution in [0.3, 0.4) is 0 Å². The van der Waals surface area contributed by atoms with Crippen molar-refractivity contribution in [3.63, 3.8) is 0 Å². The van der Waals surface area contributed by atoms with Gasteiger partial charge in [0, 0.05) is 11.9 Å². The third kappa shape index (κ3) is 4.25. The number of carbonyl (C=O) groups excluding carboxylic acids is 1. The van der Waals surface area contributed by atoms with Crippen LogP contribution in [-0.4, -0.2) is 29.6 Å². The van der Waals surface area contributed by atoms with Gasteiger partial charge in [0.15, 0.2) is 6.04 Å². The van der Waals surface area contributed by atoms with E-state index in [2.05, 4.69) is 5.32 Å². The van der Waals surface area contributed by atoms with Gasteiger partial charge in [-0.05, 0) is 30.7 Å². The van der Waals surface area contributed by atoms with Crippen LogP contribution in [0.25, 0.3) is 0 Å². The van der Waals surface area contributed by atoms with Crippen LogP contribution < -0.4 is 10.1 Å². The Morgan fingerprint density at radius 3 is 2.67 bits per heavy atom. The number of nitrogens with one attached hydrogen (secondary N) is 1. The second-order valence-corrected chi connectivity index (χ2v) is 4.25. The van der Waals surface area contributed by atoms with Crippen LogP contribution in [0.15, 0.2) is 18.2 Å². The van der Waals surface area contributed by atoms with E-state index in [0.717, 1.165) is 5.56 Å². The average molecular weight is 272 g/mol. The van der Waals surface area contributed by atoms with Crippen LogP contribution in [0.2, 0.25) is 5.02 Å². The summed E-state index contributed by atoms with van der Waals surface area (Å²) in [7, 11) is 0. The van der Waals surface area contributed by atoms with Crippen LogP contribution in [0.5, 0.6) is 5.75 Å². The first-order valence-electron chi connectivity index (χ1n) is 5.29. The van der Waals surface area contributed by atoms with Crippen LogP contribution in [0.4, 0.5) is 0 Å². The molecule has 2 N–H and O–H groups in total. The monoisotopic (exact) mass is 271 g/mol. The molecule has 1 aromatic rings. The summed E-state index contributed by atoms with van der Waals surface area (Å²) in [4.78, 5) is 21.7. The molecule has 98 valence electrons. The van der Waals surface area contributed by atoms with Gasteiger partial charge in [-0.3, -0.25) is 4.79 Å². The smallest absolute Gasteiger partial charge is 0.329 e. The van der Waals surface area contributed by atoms with E-state index >= 15 is 0 Å². The Morgan fingerprint density at radius 1 is 1.50 bits per heavy atom. The summed E-state index contributed by atoms with van der Waals surface area (Å²) in [5, 5.41) is 11.8. The number of halogens is 1. The highest BCUT2D eigenvalue weighted by Crippen LogP contribution is 2.21. The van der Waals surface area contributed by atoms with Gasteiger partial charge in [0.05, 0.1) is 0 Å². The van der Waals surface area contributed by atoms with Gasteiger partial charge in [0.1, 0.15) is 12.4 Å². The minimum atomic E-state index is -1.14. The minimum absolute atomic E-state index is 0.141. The number of carbonyl (C=O) groups is 2. The Balaban J connectivity index is 2.66. The van der Waals surface area contributed by atoms with Gasteiger partial charge in [0.2, 0.25) is 5.91 Å². The van der Waals surface area contributed by atoms with Gasteiger partial charge in [-0.1, -0.05) is 11.6 Å². The number of ether oxygens (including phenoxy) is 1. The molecule has 0 saturated heterocycles. The molecular formula is C12H14ClNO4. The standard InChI is InChI=1S/C12H14ClNO4/c1-7-5-9(13)3-4-11(7)18-6-10(12(16)17)14-8(2)15/h3-5,10H,6H2,1-2H3,(H,14,15)(H,16,17). The Morgan fingerprint density at radius 2 is 2.17 bits per heavy atom. The lowest BCUT2D eigenvalue weighted by atomic mass is 10.2. The van der Waals surface area contributed by atoms with Gasteiger partial charge >= 0.3 is 5.97 Å². The maximum Gasteiger partial charge on any atom is 0.329 e. The quantitative estimate of drug-likeness (QED) is 0.853. The Kier molecular flexibility index (Phi) is 4.97. The number of amides is 1. The first-order valence-corrected chi connectivity index (χ1v) is 5.67. The first-order chi connectivity index (χ1) is 8.40. The molecule has 1 aromatic carbocycles. The van der Waals surface area contributed by atoms with E-state index in [1.807, 2.05) is 0 Å². The Hall–Kier alpha value is -1.75. The molecule has 6 heteroatoms. The predicted octanol–water partition coefficient (Wildman–Crippen LogP) is 1.62. The lowest BCUT2D eigenvalue weighted by Crippen LogP contribution is -2.43. The van der Waals surface area contributed by atoms with E-state index in [1.54, 1.807) is 25.1 Å². The number of benzene rings is 1. The number of carboxylic acid groups (broad SMARTS) is 1. The van der Waals surface area contributed by atoms with Crippen molar-refractivity contribution in [1.82, 2.24) is 5.32 Å². The SMILES string of the molecule is CC(=O)NC(COc1ccc(Cl)cc1C)C(=O)O. The summed E-state index contributed by atoms with van der Waals surface area (Å²) in [6, 6.07) is 3.95. The lowest BCUT2D eigenvalue weighted by molar-refractivity contribution is -0.142. The van der Waals surface area contributed by atoms with Crippen molar-refractivity contribution in [1.29, 1.82) is 0 Å². The van der Waals surface area contributed by atoms with E-state index in [4.69, 9.17) is 21.4 Å². The number of carboxylic acids is 1. The maximum absolute atomic E-state index is 10.9. The third-order valence-electron chi connectivity index (χ3n) is 2.22. The number of aliphatic carboxylic acids is 1. The molecule has 0 fully saturated rings. The molecule has 0 aliphatic carbocycles. The fraction of sp³-hybridized carbons (Fsp3) is 0.333. The van der Waals surface area contributed by atoms with Crippen LogP contribution in [0, 0.1) is 6.92 Å². The molecule has 0 aromatic heterocycles. The molecule has 0 heterocycles. The van der Waals surface area contributed by atoms with Crippen molar-refractivity contribution in [3.8, 4) is 5.75 Å². The molecule has 1 amide bonds. The molecule has 0 radical (unpaired) electrons. The van der Waals surface area contributed by atoms with E-state index in [9.17, 15) is 9.59 Å². The van der Waals surface area contributed by atoms with Crippen LogP contribution in [0.1, 0.15) is 12.5 Å². The summed E-state index contributed by atoms with van der Waals surface area (Å²) >= 11 is 5.79. The van der Waals surface area contributed by atoms with Crippen molar-refractivity contribution >= 4 is 23.5 Å². The zero-order valence-corrected chi connectivity index (χ0v) is 10.8. The zero-order chi connectivity index (χ0) is 13.7. The van der Waals surface area contributed by atoms with Gasteiger partial charge < -0.3 is 15.2 Å². The van der Waals surface area contributed by atoms with Crippen molar-refractivity contribution in [2.24, 2.45) is 0 Å². The molecule has 1 unspecified atom stereocenters. The third-order valence-corrected chi connectivity index (χ3v) is 2.45. The number of hydrogen-bond acceptors (Lipinski definition) is 3. The van der Waals surface area contributed by atoms with Crippen molar-refractivity contribution in [2.45, 2.75) is 19.9 Å². The van der Waals surface area contributed by atoms with E-state index in [-0.39, 0.29) is 6.61 Å². The molecular weight excluding hydrogens is 258 g/mol. The van der Waals surface area contributed by atoms with E-state index in [1.165, 1.54) is 6.92 Å². The predicted molar refractivity (Wildman–Crippen MR) is 66.9 cm³/mol. The Bertz CT molecular complexity index is 461. The highest BCUT2D eigenvalue weighted by atomic mass is 35.5. The minimum Gasteiger partial charge on any atom is -0.491 e. The highest BCUT2D eigenvalue weighted by molar-refractivity contribution is 6.30. The second kappa shape index (κ2) is 6.26. The summed E-state index contributed by atoms with van der Waals surface area (Å²) in [6.07, 6.45) is 0. The number of aryl methyl sites for hydroxylation is 1. The van der Waals surface area contributed by atoms with Gasteiger partial charge in [-0.15, -0.1) is 0 Å². The fourth-order valence-electron chi connectivity index (χ4n) is 1.37. The van der Waals surface area contributed by atoms with Crippen molar-refractivity contribution in [3.05, 3.63) is 28.8 Å². The van der Waals surface area contributed by atoms with E-state index in [0.29, 0.717) is 10.8 Å². The molecule has 18 heavy (non-hydrogen) atoms. The summed E-state index contributed by atoms with van der Waals surface area (Å²) in [6.45, 7) is 2.91. The van der Waals surface area contributed by atoms with Gasteiger partial charge in [-0.25, -0.2) is 4.79 Å². The normalized spacial score (nSPS) is 11.7. The van der Waals surface area contributed by atoms with Gasteiger partial charge in [-0.2, -0.15) is 0 Å². The maximum atomic E-state index is 10.9. The number of hydrogen-bond donors (Lipinski definition) is 2. The van der Waals surface area contributed by atoms with Crippen LogP contribution in [-0.2, 0) is 9.59 Å². The summed E-state index contributed by atoms with van der Waals surface area (Å²) in [5.74, 6) is -1.02. The molecule has 0 saturated carbocycles. The second-order valence-electron chi connectivity index (χ2n) is 3.81. The van der Waals surface area contributed by atoms with Crippen molar-refractivity contribution < 1.29 is 19.4 Å². The molecule has 0 bridgehead atoms. The fourth-order valence-corrected chi connectivity index (χ4v) is 1.59. The summed E-state index contributed by atoms with van der Waals surface area (Å²) < 4.78 is 5.36. The molecule has 0 spiro atoms. The summed E-state index contributed by atoms with van der Waals surface area (Å²) in [5.41, 5.74) is 0.800. The molecule has 1 rings (SSSR count). The molecule has 0 aliphatic rings. The topological polar surface area (TPSA) is 75.6 Å². The Labute approximate surface area is 110 Å².